The number of benzene rings is 3. The van der Waals surface area contributed by atoms with Gasteiger partial charge in [0.05, 0.1) is 5.69 Å². The fraction of sp³-hybridized carbons (Fsp3) is 0.154. The van der Waals surface area contributed by atoms with Crippen molar-refractivity contribution < 1.29 is 9.90 Å². The molecule has 1 aromatic heterocycles. The molecule has 0 amide bonds. The van der Waals surface area contributed by atoms with Crippen molar-refractivity contribution in [3.8, 4) is 0 Å². The summed E-state index contributed by atoms with van der Waals surface area (Å²) in [6.45, 7) is 3.98. The minimum absolute atomic E-state index is 0.130. The summed E-state index contributed by atoms with van der Waals surface area (Å²) in [5, 5.41) is 11.2. The number of hydrogen-bond donors (Lipinski definition) is 3. The Morgan fingerprint density at radius 2 is 1.62 bits per heavy atom. The van der Waals surface area contributed by atoms with E-state index in [0.717, 1.165) is 27.6 Å². The zero-order valence-electron chi connectivity index (χ0n) is 18.1. The second-order valence-electron chi connectivity index (χ2n) is 7.93. The molecule has 4 aromatic rings. The molecule has 0 aliphatic carbocycles. The van der Waals surface area contributed by atoms with Crippen molar-refractivity contribution in [2.45, 2.75) is 26.3 Å². The Morgan fingerprint density at radius 1 is 1.00 bits per heavy atom. The summed E-state index contributed by atoms with van der Waals surface area (Å²) in [5.74, 6) is -0.845. The largest absolute Gasteiger partial charge is 0.480 e. The molecule has 162 valence electrons. The van der Waals surface area contributed by atoms with Crippen LogP contribution >= 0.6 is 0 Å². The van der Waals surface area contributed by atoms with Crippen LogP contribution in [0.3, 0.4) is 0 Å². The maximum Gasteiger partial charge on any atom is 0.327 e. The molecule has 4 N–H and O–H groups in total. The predicted molar refractivity (Wildman–Crippen MR) is 130 cm³/mol. The normalized spacial score (nSPS) is 12.6. The lowest BCUT2D eigenvalue weighted by Gasteiger charge is -2.30. The van der Waals surface area contributed by atoms with E-state index in [4.69, 9.17) is 5.73 Å². The number of nitrogens with two attached hydrogens (primary N) is 1. The molecule has 1 atom stereocenters. The summed E-state index contributed by atoms with van der Waals surface area (Å²) in [6, 6.07) is 22.2. The molecule has 0 saturated carbocycles. The van der Waals surface area contributed by atoms with Crippen molar-refractivity contribution in [3.63, 3.8) is 0 Å². The first-order valence-electron chi connectivity index (χ1n) is 10.5. The third-order valence-electron chi connectivity index (χ3n) is 5.52. The number of nitrogens with zero attached hydrogens (tertiary/aromatic N) is 2. The molecule has 0 radical (unpaired) electrons. The number of aliphatic imine (C=N–C) groups is 1. The van der Waals surface area contributed by atoms with Crippen LogP contribution in [0.4, 0.5) is 11.4 Å². The minimum atomic E-state index is -0.974. The molecule has 3 aromatic carbocycles. The lowest BCUT2D eigenvalue weighted by Crippen LogP contribution is -2.50. The number of carboxylic acid groups (broad SMARTS) is 1. The minimum Gasteiger partial charge on any atom is -0.480 e. The highest BCUT2D eigenvalue weighted by Crippen LogP contribution is 2.25. The molecular weight excluding hydrogens is 400 g/mol. The number of aryl methyl sites for hydroxylation is 2. The van der Waals surface area contributed by atoms with Gasteiger partial charge in [0.25, 0.3) is 0 Å². The first-order chi connectivity index (χ1) is 15.4. The van der Waals surface area contributed by atoms with Gasteiger partial charge in [0.15, 0.2) is 0 Å². The van der Waals surface area contributed by atoms with Crippen LogP contribution in [0.1, 0.15) is 16.7 Å². The Morgan fingerprint density at radius 3 is 2.28 bits per heavy atom. The van der Waals surface area contributed by atoms with Crippen LogP contribution in [0.2, 0.25) is 0 Å². The standard InChI is InChI=1S/C26H26N4O2/c1-17-7-11-20(12-8-17)29-26(27)30(21-13-9-18(2)10-14-21)24(25(31)32)15-19-16-28-23-6-4-3-5-22(19)23/h3-14,16,24,28H,15H2,1-2H3,(H2,27,29)(H,31,32). The SMILES string of the molecule is Cc1ccc(N=C(N)N(c2ccc(C)cc2)C(Cc2c[nH]c3ccccc23)C(=O)O)cc1. The Balaban J connectivity index is 1.77. The third-order valence-corrected chi connectivity index (χ3v) is 5.52. The summed E-state index contributed by atoms with van der Waals surface area (Å²) in [4.78, 5) is 21.8. The maximum absolute atomic E-state index is 12.5. The van der Waals surface area contributed by atoms with E-state index in [1.807, 2.05) is 92.8 Å². The highest BCUT2D eigenvalue weighted by Gasteiger charge is 2.30. The van der Waals surface area contributed by atoms with Gasteiger partial charge in [0, 0.05) is 29.2 Å². The second kappa shape index (κ2) is 8.98. The topological polar surface area (TPSA) is 94.7 Å². The van der Waals surface area contributed by atoms with Gasteiger partial charge in [-0.25, -0.2) is 9.79 Å². The smallest absolute Gasteiger partial charge is 0.327 e. The summed E-state index contributed by atoms with van der Waals surface area (Å²) in [5.41, 5.74) is 11.9. The van der Waals surface area contributed by atoms with E-state index in [-0.39, 0.29) is 12.4 Å². The van der Waals surface area contributed by atoms with Crippen LogP contribution < -0.4 is 10.6 Å². The number of aromatic amines is 1. The van der Waals surface area contributed by atoms with Gasteiger partial charge in [0.2, 0.25) is 5.96 Å². The number of aromatic nitrogens is 1. The van der Waals surface area contributed by atoms with Gasteiger partial charge in [-0.15, -0.1) is 0 Å². The van der Waals surface area contributed by atoms with Gasteiger partial charge in [-0.2, -0.15) is 0 Å². The van der Waals surface area contributed by atoms with Gasteiger partial charge in [0.1, 0.15) is 6.04 Å². The number of rotatable bonds is 6. The van der Waals surface area contributed by atoms with E-state index in [0.29, 0.717) is 11.4 Å². The molecule has 0 aliphatic rings. The van der Waals surface area contributed by atoms with Crippen molar-refractivity contribution in [3.05, 3.63) is 95.7 Å². The van der Waals surface area contributed by atoms with E-state index in [1.54, 1.807) is 4.90 Å². The lowest BCUT2D eigenvalue weighted by molar-refractivity contribution is -0.138. The maximum atomic E-state index is 12.5. The number of fused-ring (bicyclic) bond motifs is 1. The number of para-hydroxylation sites is 1. The van der Waals surface area contributed by atoms with E-state index in [2.05, 4.69) is 9.98 Å². The number of carboxylic acids is 1. The molecule has 6 heteroatoms. The Labute approximate surface area is 187 Å². The number of aliphatic carboxylic acids is 1. The van der Waals surface area contributed by atoms with Crippen LogP contribution in [-0.2, 0) is 11.2 Å². The highest BCUT2D eigenvalue weighted by atomic mass is 16.4. The predicted octanol–water partition coefficient (Wildman–Crippen LogP) is 4.93. The van der Waals surface area contributed by atoms with Gasteiger partial charge >= 0.3 is 5.97 Å². The molecule has 0 fully saturated rings. The number of hydrogen-bond acceptors (Lipinski definition) is 2. The second-order valence-corrected chi connectivity index (χ2v) is 7.93. The van der Waals surface area contributed by atoms with Crippen LogP contribution in [-0.4, -0.2) is 28.1 Å². The molecule has 1 unspecified atom stereocenters. The number of nitrogens with one attached hydrogen (secondary N) is 1. The molecular formula is C26H26N4O2. The average Bonchev–Trinajstić information content (AvgIpc) is 3.19. The number of guanidine groups is 1. The number of anilines is 1. The van der Waals surface area contributed by atoms with Gasteiger partial charge < -0.3 is 15.8 Å². The van der Waals surface area contributed by atoms with Crippen molar-refractivity contribution >= 4 is 34.2 Å². The van der Waals surface area contributed by atoms with Gasteiger partial charge in [-0.05, 0) is 49.7 Å². The summed E-state index contributed by atoms with van der Waals surface area (Å²) < 4.78 is 0. The molecule has 1 heterocycles. The summed E-state index contributed by atoms with van der Waals surface area (Å²) >= 11 is 0. The summed E-state index contributed by atoms with van der Waals surface area (Å²) in [7, 11) is 0. The zero-order chi connectivity index (χ0) is 22.7. The fourth-order valence-electron chi connectivity index (χ4n) is 3.78. The first-order valence-corrected chi connectivity index (χ1v) is 10.5. The quantitative estimate of drug-likeness (QED) is 0.301. The van der Waals surface area contributed by atoms with E-state index in [1.165, 1.54) is 0 Å². The molecule has 0 spiro atoms. The Kier molecular flexibility index (Phi) is 5.94. The highest BCUT2D eigenvalue weighted by molar-refractivity contribution is 6.01. The third kappa shape index (κ3) is 4.49. The Hall–Kier alpha value is -4.06. The molecule has 4 rings (SSSR count). The van der Waals surface area contributed by atoms with Crippen LogP contribution in [0.15, 0.2) is 84.0 Å². The van der Waals surface area contributed by atoms with Crippen molar-refractivity contribution in [2.75, 3.05) is 4.90 Å². The van der Waals surface area contributed by atoms with Crippen LogP contribution in [0, 0.1) is 13.8 Å². The van der Waals surface area contributed by atoms with Crippen molar-refractivity contribution in [1.82, 2.24) is 4.98 Å². The van der Waals surface area contributed by atoms with E-state index >= 15 is 0 Å². The number of H-pyrrole nitrogens is 1. The Bertz CT molecular complexity index is 1260. The molecule has 0 bridgehead atoms. The number of carbonyl (C=O) groups is 1. The average molecular weight is 427 g/mol. The first kappa shape index (κ1) is 21.2. The van der Waals surface area contributed by atoms with Crippen molar-refractivity contribution in [2.24, 2.45) is 10.7 Å². The zero-order valence-corrected chi connectivity index (χ0v) is 18.1. The van der Waals surface area contributed by atoms with E-state index in [9.17, 15) is 9.90 Å². The molecule has 0 saturated heterocycles. The molecule has 6 nitrogen and oxygen atoms in total. The lowest BCUT2D eigenvalue weighted by atomic mass is 10.0. The fourth-order valence-corrected chi connectivity index (χ4v) is 3.78. The van der Waals surface area contributed by atoms with Crippen LogP contribution in [0.25, 0.3) is 10.9 Å². The van der Waals surface area contributed by atoms with Crippen molar-refractivity contribution in [1.29, 1.82) is 0 Å². The monoisotopic (exact) mass is 426 g/mol. The molecule has 0 aliphatic heterocycles. The molecule has 32 heavy (non-hydrogen) atoms. The van der Waals surface area contributed by atoms with Crippen LogP contribution in [0.5, 0.6) is 0 Å². The summed E-state index contributed by atoms with van der Waals surface area (Å²) in [6.07, 6.45) is 2.12. The van der Waals surface area contributed by atoms with E-state index < -0.39 is 12.0 Å². The van der Waals surface area contributed by atoms with Gasteiger partial charge in [-0.1, -0.05) is 53.6 Å². The van der Waals surface area contributed by atoms with Gasteiger partial charge in [-0.3, -0.25) is 4.90 Å².